The van der Waals surface area contributed by atoms with E-state index in [9.17, 15) is 0 Å². The first-order chi connectivity index (χ1) is 9.43. The number of alkyl halides is 1. The van der Waals surface area contributed by atoms with E-state index in [4.69, 9.17) is 25.5 Å². The first kappa shape index (κ1) is 18.1. The number of halogens is 1. The van der Waals surface area contributed by atoms with Crippen LogP contribution in [-0.2, 0) is 13.9 Å². The van der Waals surface area contributed by atoms with Gasteiger partial charge in [-0.25, -0.2) is 0 Å². The van der Waals surface area contributed by atoms with Crippen molar-refractivity contribution < 1.29 is 13.9 Å². The Kier molecular flexibility index (Phi) is 5.15. The Labute approximate surface area is 139 Å². The minimum atomic E-state index is -1.75. The van der Waals surface area contributed by atoms with Gasteiger partial charge in [-0.15, -0.1) is 11.6 Å². The Morgan fingerprint density at radius 2 is 1.95 bits per heavy atom. The summed E-state index contributed by atoms with van der Waals surface area (Å²) in [4.78, 5) is 0. The molecule has 2 aliphatic rings. The van der Waals surface area contributed by atoms with Crippen LogP contribution in [-0.4, -0.2) is 49.3 Å². The van der Waals surface area contributed by atoms with E-state index in [0.29, 0.717) is 6.61 Å². The van der Waals surface area contributed by atoms with Crippen LogP contribution in [0, 0.1) is 0 Å². The predicted molar refractivity (Wildman–Crippen MR) is 92.9 cm³/mol. The van der Waals surface area contributed by atoms with Crippen LogP contribution in [0.3, 0.4) is 0 Å². The van der Waals surface area contributed by atoms with Crippen molar-refractivity contribution >= 4 is 31.7 Å². The third kappa shape index (κ3) is 3.99. The Hall–Kier alpha value is 0.737. The Morgan fingerprint density at radius 1 is 1.33 bits per heavy atom. The van der Waals surface area contributed by atoms with E-state index in [-0.39, 0.29) is 27.9 Å². The fourth-order valence-electron chi connectivity index (χ4n) is 2.48. The highest BCUT2D eigenvalue weighted by molar-refractivity contribution is 8.00. The highest BCUT2D eigenvalue weighted by Gasteiger charge is 2.51. The van der Waals surface area contributed by atoms with E-state index in [0.717, 1.165) is 5.75 Å². The molecule has 2 saturated heterocycles. The second-order valence-corrected chi connectivity index (χ2v) is 14.6. The van der Waals surface area contributed by atoms with Crippen molar-refractivity contribution in [2.45, 2.75) is 81.4 Å². The van der Waals surface area contributed by atoms with E-state index in [1.807, 2.05) is 25.6 Å². The number of thioether (sulfide) groups is 1. The van der Waals surface area contributed by atoms with E-state index < -0.39 is 14.1 Å². The van der Waals surface area contributed by atoms with Gasteiger partial charge in [-0.1, -0.05) is 20.8 Å². The zero-order valence-electron chi connectivity index (χ0n) is 14.2. The highest BCUT2D eigenvalue weighted by atomic mass is 35.5. The molecule has 0 bridgehead atoms. The Bertz CT molecular complexity index is 384. The number of hydrogen-bond donors (Lipinski definition) is 0. The van der Waals surface area contributed by atoms with Gasteiger partial charge < -0.3 is 13.9 Å². The van der Waals surface area contributed by atoms with Crippen molar-refractivity contribution in [2.24, 2.45) is 0 Å². The summed E-state index contributed by atoms with van der Waals surface area (Å²) < 4.78 is 18.2. The van der Waals surface area contributed by atoms with Gasteiger partial charge in [0.15, 0.2) is 14.1 Å². The molecule has 0 amide bonds. The van der Waals surface area contributed by atoms with Gasteiger partial charge in [-0.2, -0.15) is 11.8 Å². The van der Waals surface area contributed by atoms with Crippen molar-refractivity contribution in [1.82, 2.24) is 0 Å². The van der Waals surface area contributed by atoms with E-state index in [2.05, 4.69) is 33.9 Å². The van der Waals surface area contributed by atoms with Crippen LogP contribution < -0.4 is 0 Å². The third-order valence-electron chi connectivity index (χ3n) is 4.76. The summed E-state index contributed by atoms with van der Waals surface area (Å²) in [5.74, 6) is 0.480. The predicted octanol–water partition coefficient (Wildman–Crippen LogP) is 4.25. The molecule has 21 heavy (non-hydrogen) atoms. The van der Waals surface area contributed by atoms with E-state index in [1.165, 1.54) is 0 Å². The number of rotatable bonds is 4. The van der Waals surface area contributed by atoms with Crippen molar-refractivity contribution in [2.75, 3.05) is 12.4 Å². The molecule has 2 fully saturated rings. The normalized spacial score (nSPS) is 34.0. The van der Waals surface area contributed by atoms with Crippen molar-refractivity contribution in [3.8, 4) is 0 Å². The molecule has 0 aromatic carbocycles. The molecule has 2 rings (SSSR count). The molecule has 0 aliphatic carbocycles. The topological polar surface area (TPSA) is 27.7 Å². The van der Waals surface area contributed by atoms with Gasteiger partial charge in [0.25, 0.3) is 0 Å². The van der Waals surface area contributed by atoms with Crippen molar-refractivity contribution in [3.63, 3.8) is 0 Å². The minimum absolute atomic E-state index is 0.0309. The third-order valence-corrected chi connectivity index (χ3v) is 11.3. The monoisotopic (exact) mass is 352 g/mol. The zero-order valence-corrected chi connectivity index (χ0v) is 16.8. The van der Waals surface area contributed by atoms with E-state index in [1.54, 1.807) is 0 Å². The summed E-state index contributed by atoms with van der Waals surface area (Å²) in [7, 11) is -1.75. The van der Waals surface area contributed by atoms with Gasteiger partial charge >= 0.3 is 0 Å². The SMILES string of the molecule is CC1(C)O[C@H]2[C@H]([C@@H](Cl)CO[Si](C)(C)C(C)(C)C)SC[C@H]2O1. The van der Waals surface area contributed by atoms with Crippen molar-refractivity contribution in [1.29, 1.82) is 0 Å². The summed E-state index contributed by atoms with van der Waals surface area (Å²) in [6.07, 6.45) is 0.264. The summed E-state index contributed by atoms with van der Waals surface area (Å²) in [6, 6.07) is 0. The first-order valence-corrected chi connectivity index (χ1v) is 12.1. The first-order valence-electron chi connectivity index (χ1n) is 7.68. The van der Waals surface area contributed by atoms with Crippen LogP contribution in [0.1, 0.15) is 34.6 Å². The summed E-state index contributed by atoms with van der Waals surface area (Å²) in [5, 5.41) is 0.434. The summed E-state index contributed by atoms with van der Waals surface area (Å²) in [5.41, 5.74) is 0. The zero-order chi connectivity index (χ0) is 16.1. The second kappa shape index (κ2) is 5.99. The molecule has 6 heteroatoms. The molecule has 0 unspecified atom stereocenters. The molecular weight excluding hydrogens is 324 g/mol. The number of fused-ring (bicyclic) bond motifs is 1. The van der Waals surface area contributed by atoms with Gasteiger partial charge in [0.05, 0.1) is 23.3 Å². The molecule has 0 radical (unpaired) electrons. The molecule has 0 N–H and O–H groups in total. The van der Waals surface area contributed by atoms with Gasteiger partial charge in [0, 0.05) is 5.75 Å². The lowest BCUT2D eigenvalue weighted by atomic mass is 10.1. The molecule has 124 valence electrons. The lowest BCUT2D eigenvalue weighted by Crippen LogP contribution is -2.44. The van der Waals surface area contributed by atoms with Crippen LogP contribution in [0.2, 0.25) is 18.1 Å². The Balaban J connectivity index is 1.91. The fourth-order valence-corrected chi connectivity index (χ4v) is 5.42. The minimum Gasteiger partial charge on any atom is -0.415 e. The average molecular weight is 353 g/mol. The molecule has 3 nitrogen and oxygen atoms in total. The largest absolute Gasteiger partial charge is 0.415 e. The molecule has 2 aliphatic heterocycles. The maximum absolute atomic E-state index is 6.64. The van der Waals surface area contributed by atoms with E-state index >= 15 is 0 Å². The summed E-state index contributed by atoms with van der Waals surface area (Å²) >= 11 is 8.50. The number of hydrogen-bond acceptors (Lipinski definition) is 4. The summed E-state index contributed by atoms with van der Waals surface area (Å²) in [6.45, 7) is 15.8. The van der Waals surface area contributed by atoms with Gasteiger partial charge in [0.2, 0.25) is 0 Å². The molecule has 0 aromatic rings. The molecule has 2 heterocycles. The highest BCUT2D eigenvalue weighted by Crippen LogP contribution is 2.44. The fraction of sp³-hybridized carbons (Fsp3) is 1.00. The number of ether oxygens (including phenoxy) is 2. The van der Waals surface area contributed by atoms with Crippen LogP contribution in [0.5, 0.6) is 0 Å². The van der Waals surface area contributed by atoms with Gasteiger partial charge in [-0.05, 0) is 32.0 Å². The standard InChI is InChI=1S/C15H29ClO3SSi/c1-14(2,3)21(6,7)17-8-10(16)13-12-11(9-20-13)18-15(4,5)19-12/h10-13H,8-9H2,1-7H3/t10-,11+,12+,13-/m0/s1. The average Bonchev–Trinajstić information content (AvgIpc) is 2.79. The molecule has 0 aromatic heterocycles. The van der Waals surface area contributed by atoms with Crippen LogP contribution in [0.15, 0.2) is 0 Å². The second-order valence-electron chi connectivity index (χ2n) is 8.02. The molecular formula is C15H29ClO3SSi. The van der Waals surface area contributed by atoms with Crippen molar-refractivity contribution in [3.05, 3.63) is 0 Å². The lowest BCUT2D eigenvalue weighted by Gasteiger charge is -2.37. The molecule has 4 atom stereocenters. The van der Waals surface area contributed by atoms with Crippen LogP contribution in [0.4, 0.5) is 0 Å². The smallest absolute Gasteiger partial charge is 0.192 e. The Morgan fingerprint density at radius 3 is 2.52 bits per heavy atom. The lowest BCUT2D eigenvalue weighted by molar-refractivity contribution is -0.145. The maximum atomic E-state index is 6.64. The molecule has 0 saturated carbocycles. The quantitative estimate of drug-likeness (QED) is 0.558. The van der Waals surface area contributed by atoms with Crippen LogP contribution >= 0.6 is 23.4 Å². The molecule has 0 spiro atoms. The van der Waals surface area contributed by atoms with Gasteiger partial charge in [0.1, 0.15) is 6.10 Å². The van der Waals surface area contributed by atoms with Gasteiger partial charge in [-0.3, -0.25) is 0 Å². The van der Waals surface area contributed by atoms with Crippen LogP contribution in [0.25, 0.3) is 0 Å². The maximum Gasteiger partial charge on any atom is 0.192 e.